The number of ether oxygens (including phenoxy) is 3. The van der Waals surface area contributed by atoms with Crippen molar-refractivity contribution in [3.05, 3.63) is 45.9 Å². The highest BCUT2D eigenvalue weighted by molar-refractivity contribution is 7.10. The van der Waals surface area contributed by atoms with Crippen LogP contribution >= 0.6 is 11.3 Å². The minimum Gasteiger partial charge on any atom is -0.382 e. The van der Waals surface area contributed by atoms with E-state index in [9.17, 15) is 18.4 Å². The van der Waals surface area contributed by atoms with Crippen molar-refractivity contribution in [3.63, 3.8) is 0 Å². The number of hydrogen-bond donors (Lipinski definition) is 1. The van der Waals surface area contributed by atoms with Crippen molar-refractivity contribution in [2.24, 2.45) is 0 Å². The summed E-state index contributed by atoms with van der Waals surface area (Å²) in [5, 5.41) is 4.98. The number of likely N-dealkylation sites (tertiary alicyclic amines) is 1. The summed E-state index contributed by atoms with van der Waals surface area (Å²) in [5.74, 6) is -2.41. The third-order valence-corrected chi connectivity index (χ3v) is 6.17. The first-order chi connectivity index (χ1) is 16.0. The molecule has 0 aliphatic carbocycles. The molecule has 1 N–H and O–H groups in total. The highest BCUT2D eigenvalue weighted by atomic mass is 32.1. The Balaban J connectivity index is 1.40. The van der Waals surface area contributed by atoms with Gasteiger partial charge in [-0.1, -0.05) is 0 Å². The van der Waals surface area contributed by atoms with E-state index in [1.807, 2.05) is 0 Å². The molecule has 0 spiro atoms. The van der Waals surface area contributed by atoms with Gasteiger partial charge in [-0.15, -0.1) is 11.3 Å². The summed E-state index contributed by atoms with van der Waals surface area (Å²) < 4.78 is 41.9. The van der Waals surface area contributed by atoms with Gasteiger partial charge in [0.2, 0.25) is 5.91 Å². The number of methoxy groups -OCH3 is 1. The van der Waals surface area contributed by atoms with Crippen molar-refractivity contribution in [2.45, 2.75) is 18.8 Å². The maximum absolute atomic E-state index is 13.3. The molecule has 0 unspecified atom stereocenters. The number of nitrogens with one attached hydrogen (secondary N) is 1. The molecule has 0 radical (unpaired) electrons. The zero-order valence-corrected chi connectivity index (χ0v) is 19.2. The Hall–Kier alpha value is -2.47. The number of aromatic nitrogens is 1. The van der Waals surface area contributed by atoms with E-state index < -0.39 is 17.5 Å². The van der Waals surface area contributed by atoms with Crippen LogP contribution in [-0.2, 0) is 19.0 Å². The maximum Gasteiger partial charge on any atom is 0.275 e. The van der Waals surface area contributed by atoms with Gasteiger partial charge in [-0.2, -0.15) is 0 Å². The number of amides is 2. The molecule has 1 aromatic carbocycles. The standard InChI is InChI=1S/C22H27F2N3O5S/c1-30-8-9-31-10-11-32-13-20(28)27-6-4-15(5-7-27)22-26-19(14-33-22)21(29)25-16-2-3-17(23)18(24)12-16/h2-3,12,14-15H,4-11,13H2,1H3,(H,25,29). The molecule has 1 aromatic heterocycles. The summed E-state index contributed by atoms with van der Waals surface area (Å²) in [6.07, 6.45) is 1.48. The van der Waals surface area contributed by atoms with Crippen molar-refractivity contribution in [3.8, 4) is 0 Å². The van der Waals surface area contributed by atoms with Crippen LogP contribution in [0.3, 0.4) is 0 Å². The van der Waals surface area contributed by atoms with Crippen molar-refractivity contribution >= 4 is 28.8 Å². The zero-order chi connectivity index (χ0) is 23.6. The second-order valence-corrected chi connectivity index (χ2v) is 8.36. The Kier molecular flexibility index (Phi) is 9.67. The Morgan fingerprint density at radius 2 is 1.85 bits per heavy atom. The first kappa shape index (κ1) is 25.2. The molecule has 1 fully saturated rings. The van der Waals surface area contributed by atoms with Crippen LogP contribution in [0, 0.1) is 11.6 Å². The van der Waals surface area contributed by atoms with E-state index in [1.165, 1.54) is 17.4 Å². The molecule has 1 aliphatic rings. The fraction of sp³-hybridized carbons (Fsp3) is 0.500. The molecular weight excluding hydrogens is 456 g/mol. The number of carbonyl (C=O) groups excluding carboxylic acids is 2. The van der Waals surface area contributed by atoms with Gasteiger partial charge < -0.3 is 24.4 Å². The Labute approximate surface area is 194 Å². The first-order valence-corrected chi connectivity index (χ1v) is 11.5. The molecule has 8 nitrogen and oxygen atoms in total. The van der Waals surface area contributed by atoms with E-state index >= 15 is 0 Å². The number of benzene rings is 1. The highest BCUT2D eigenvalue weighted by Crippen LogP contribution is 2.30. The van der Waals surface area contributed by atoms with Crippen LogP contribution in [0.1, 0.15) is 34.3 Å². The van der Waals surface area contributed by atoms with Crippen molar-refractivity contribution in [1.29, 1.82) is 0 Å². The number of rotatable bonds is 11. The molecule has 2 aromatic rings. The lowest BCUT2D eigenvalue weighted by Crippen LogP contribution is -2.40. The number of halogens is 2. The fourth-order valence-electron chi connectivity index (χ4n) is 3.34. The summed E-state index contributed by atoms with van der Waals surface area (Å²) in [6.45, 7) is 2.97. The lowest BCUT2D eigenvalue weighted by atomic mass is 9.97. The van der Waals surface area contributed by atoms with Crippen LogP contribution in [-0.4, -0.2) is 74.9 Å². The molecule has 0 saturated carbocycles. The van der Waals surface area contributed by atoms with E-state index in [0.29, 0.717) is 39.5 Å². The van der Waals surface area contributed by atoms with Crippen molar-refractivity contribution in [2.75, 3.05) is 58.6 Å². The summed E-state index contributed by atoms with van der Waals surface area (Å²) in [5.41, 5.74) is 0.378. The Morgan fingerprint density at radius 3 is 2.58 bits per heavy atom. The second kappa shape index (κ2) is 12.7. The van der Waals surface area contributed by atoms with Gasteiger partial charge in [0, 0.05) is 43.3 Å². The van der Waals surface area contributed by atoms with Gasteiger partial charge in [0.05, 0.1) is 31.4 Å². The molecule has 2 amide bonds. The second-order valence-electron chi connectivity index (χ2n) is 7.47. The van der Waals surface area contributed by atoms with Gasteiger partial charge in [-0.25, -0.2) is 13.8 Å². The third-order valence-electron chi connectivity index (χ3n) is 5.16. The topological polar surface area (TPSA) is 90.0 Å². The van der Waals surface area contributed by atoms with Crippen LogP contribution in [0.15, 0.2) is 23.6 Å². The maximum atomic E-state index is 13.3. The summed E-state index contributed by atoms with van der Waals surface area (Å²) >= 11 is 1.38. The minimum absolute atomic E-state index is 0.0177. The Morgan fingerprint density at radius 1 is 1.12 bits per heavy atom. The highest BCUT2D eigenvalue weighted by Gasteiger charge is 2.26. The molecular formula is C22H27F2N3O5S. The first-order valence-electron chi connectivity index (χ1n) is 10.6. The van der Waals surface area contributed by atoms with Gasteiger partial charge in [0.25, 0.3) is 5.91 Å². The molecule has 11 heteroatoms. The van der Waals surface area contributed by atoms with Crippen molar-refractivity contribution < 1.29 is 32.6 Å². The SMILES string of the molecule is COCCOCCOCC(=O)N1CCC(c2nc(C(=O)Nc3ccc(F)c(F)c3)cs2)CC1. The van der Waals surface area contributed by atoms with E-state index in [1.54, 1.807) is 17.4 Å². The minimum atomic E-state index is -1.03. The van der Waals surface area contributed by atoms with Gasteiger partial charge in [0.1, 0.15) is 12.3 Å². The smallest absolute Gasteiger partial charge is 0.275 e. The van der Waals surface area contributed by atoms with E-state index in [4.69, 9.17) is 14.2 Å². The quantitative estimate of drug-likeness (QED) is 0.494. The van der Waals surface area contributed by atoms with Crippen molar-refractivity contribution in [1.82, 2.24) is 9.88 Å². The molecule has 180 valence electrons. The number of thiazole rings is 1. The molecule has 0 atom stereocenters. The number of nitrogens with zero attached hydrogens (tertiary/aromatic N) is 2. The predicted octanol–water partition coefficient (Wildman–Crippen LogP) is 3.06. The molecule has 2 heterocycles. The summed E-state index contributed by atoms with van der Waals surface area (Å²) in [6, 6.07) is 3.16. The normalized spacial score (nSPS) is 14.5. The molecule has 1 aliphatic heterocycles. The average Bonchev–Trinajstić information content (AvgIpc) is 3.31. The van der Waals surface area contributed by atoms with Gasteiger partial charge in [0.15, 0.2) is 11.6 Å². The zero-order valence-electron chi connectivity index (χ0n) is 18.4. The summed E-state index contributed by atoms with van der Waals surface area (Å²) in [4.78, 5) is 30.9. The summed E-state index contributed by atoms with van der Waals surface area (Å²) in [7, 11) is 1.60. The lowest BCUT2D eigenvalue weighted by molar-refractivity contribution is -0.137. The lowest BCUT2D eigenvalue weighted by Gasteiger charge is -2.31. The molecule has 0 bridgehead atoms. The molecule has 3 rings (SSSR count). The van der Waals surface area contributed by atoms with Crippen LogP contribution in [0.5, 0.6) is 0 Å². The van der Waals surface area contributed by atoms with Gasteiger partial charge in [-0.3, -0.25) is 9.59 Å². The third kappa shape index (κ3) is 7.53. The van der Waals surface area contributed by atoms with Gasteiger partial charge >= 0.3 is 0 Å². The Bertz CT molecular complexity index is 935. The number of hydrogen-bond acceptors (Lipinski definition) is 7. The number of anilines is 1. The predicted molar refractivity (Wildman–Crippen MR) is 118 cm³/mol. The van der Waals surface area contributed by atoms with E-state index in [-0.39, 0.29) is 29.8 Å². The van der Waals surface area contributed by atoms with E-state index in [0.717, 1.165) is 30.0 Å². The largest absolute Gasteiger partial charge is 0.382 e. The van der Waals surface area contributed by atoms with Crippen LogP contribution < -0.4 is 5.32 Å². The fourth-order valence-corrected chi connectivity index (χ4v) is 4.31. The van der Waals surface area contributed by atoms with Crippen LogP contribution in [0.4, 0.5) is 14.5 Å². The molecule has 33 heavy (non-hydrogen) atoms. The number of piperidine rings is 1. The number of carbonyl (C=O) groups is 2. The monoisotopic (exact) mass is 483 g/mol. The van der Waals surface area contributed by atoms with Gasteiger partial charge in [-0.05, 0) is 25.0 Å². The van der Waals surface area contributed by atoms with Crippen LogP contribution in [0.2, 0.25) is 0 Å². The molecule has 1 saturated heterocycles. The van der Waals surface area contributed by atoms with Crippen LogP contribution in [0.25, 0.3) is 0 Å². The average molecular weight is 484 g/mol. The van der Waals surface area contributed by atoms with E-state index in [2.05, 4.69) is 10.3 Å².